The van der Waals surface area contributed by atoms with E-state index in [9.17, 15) is 13.2 Å². The molecule has 0 aliphatic rings. The van der Waals surface area contributed by atoms with Crippen molar-refractivity contribution in [2.75, 3.05) is 0 Å². The molecule has 0 atom stereocenters. The molecule has 0 amide bonds. The Morgan fingerprint density at radius 3 is 1.31 bits per heavy atom. The van der Waals surface area contributed by atoms with Crippen LogP contribution >= 0.6 is 0 Å². The summed E-state index contributed by atoms with van der Waals surface area (Å²) in [6.45, 7) is 8.98. The fourth-order valence-corrected chi connectivity index (χ4v) is 0.577. The van der Waals surface area contributed by atoms with Crippen LogP contribution in [-0.2, 0) is 0 Å². The molecular weight excluding hydrogens is 177 g/mol. The van der Waals surface area contributed by atoms with Gasteiger partial charge in [0.2, 0.25) is 0 Å². The van der Waals surface area contributed by atoms with E-state index in [-0.39, 0.29) is 0 Å². The van der Waals surface area contributed by atoms with Gasteiger partial charge in [-0.05, 0) is 5.92 Å². The molecule has 0 saturated heterocycles. The fourth-order valence-electron chi connectivity index (χ4n) is 0.577. The lowest BCUT2D eigenvalue weighted by atomic mass is 10.1. The molecule has 3 heteroatoms. The quantitative estimate of drug-likeness (QED) is 0.606. The van der Waals surface area contributed by atoms with Crippen molar-refractivity contribution in [3.8, 4) is 0 Å². The highest BCUT2D eigenvalue weighted by Gasteiger charge is 2.31. The van der Waals surface area contributed by atoms with Gasteiger partial charge in [-0.2, -0.15) is 13.2 Å². The zero-order valence-corrected chi connectivity index (χ0v) is 9.20. The monoisotopic (exact) mass is 198 g/mol. The van der Waals surface area contributed by atoms with E-state index in [2.05, 4.69) is 20.8 Å². The van der Waals surface area contributed by atoms with Crippen LogP contribution in [0.15, 0.2) is 0 Å². The van der Waals surface area contributed by atoms with Gasteiger partial charge in [0.15, 0.2) is 0 Å². The minimum Gasteiger partial charge on any atom is -0.171 e. The Bertz CT molecular complexity index is 103. The van der Waals surface area contributed by atoms with Gasteiger partial charge < -0.3 is 0 Å². The molecule has 0 N–H and O–H groups in total. The van der Waals surface area contributed by atoms with Gasteiger partial charge in [-0.25, -0.2) is 0 Å². The summed E-state index contributed by atoms with van der Waals surface area (Å²) in [4.78, 5) is 0. The molecule has 0 saturated carbocycles. The van der Waals surface area contributed by atoms with Crippen molar-refractivity contribution in [1.29, 1.82) is 0 Å². The van der Waals surface area contributed by atoms with Gasteiger partial charge in [0.1, 0.15) is 0 Å². The summed E-state index contributed by atoms with van der Waals surface area (Å²) in [6, 6.07) is 0. The van der Waals surface area contributed by atoms with Gasteiger partial charge in [0, 0.05) is 5.92 Å². The minimum atomic E-state index is -4.00. The van der Waals surface area contributed by atoms with Crippen LogP contribution in [0, 0.1) is 11.8 Å². The molecule has 0 fully saturated rings. The number of hydrogen-bond donors (Lipinski definition) is 0. The van der Waals surface area contributed by atoms with Crippen LogP contribution in [0.25, 0.3) is 0 Å². The summed E-state index contributed by atoms with van der Waals surface area (Å²) in [5.74, 6) is -0.303. The molecule has 0 aliphatic carbocycles. The lowest BCUT2D eigenvalue weighted by Crippen LogP contribution is -2.15. The summed E-state index contributed by atoms with van der Waals surface area (Å²) in [6.07, 6.45) is -1.29. The second-order valence-electron chi connectivity index (χ2n) is 3.88. The van der Waals surface area contributed by atoms with Crippen LogP contribution in [0.3, 0.4) is 0 Å². The molecule has 13 heavy (non-hydrogen) atoms. The number of alkyl halides is 3. The first-order valence-corrected chi connectivity index (χ1v) is 4.78. The second-order valence-corrected chi connectivity index (χ2v) is 3.88. The highest BCUT2D eigenvalue weighted by Crippen LogP contribution is 2.24. The third-order valence-electron chi connectivity index (χ3n) is 1.52. The smallest absolute Gasteiger partial charge is 0.171 e. The van der Waals surface area contributed by atoms with Gasteiger partial charge in [0.25, 0.3) is 0 Å². The molecule has 0 aliphatic heterocycles. The van der Waals surface area contributed by atoms with Gasteiger partial charge in [-0.3, -0.25) is 0 Å². The van der Waals surface area contributed by atoms with E-state index < -0.39 is 12.1 Å². The molecule has 0 unspecified atom stereocenters. The third kappa shape index (κ3) is 14.6. The number of rotatable bonds is 2. The molecule has 0 radical (unpaired) electrons. The average molecular weight is 198 g/mol. The van der Waals surface area contributed by atoms with Gasteiger partial charge in [-0.1, -0.05) is 47.5 Å². The average Bonchev–Trinajstić information content (AvgIpc) is 1.85. The predicted octanol–water partition coefficient (Wildman–Crippen LogP) is 4.65. The lowest BCUT2D eigenvalue weighted by molar-refractivity contribution is -0.164. The first-order chi connectivity index (χ1) is 5.71. The highest BCUT2D eigenvalue weighted by atomic mass is 19.4. The molecule has 0 aromatic carbocycles. The van der Waals surface area contributed by atoms with Crippen molar-refractivity contribution >= 4 is 0 Å². The van der Waals surface area contributed by atoms with Gasteiger partial charge in [-0.15, -0.1) is 0 Å². The Hall–Kier alpha value is -0.210. The zero-order valence-electron chi connectivity index (χ0n) is 9.20. The molecule has 0 heterocycles. The van der Waals surface area contributed by atoms with Crippen molar-refractivity contribution < 1.29 is 13.2 Å². The van der Waals surface area contributed by atoms with Crippen LogP contribution in [0.1, 0.15) is 47.5 Å². The number of hydrogen-bond acceptors (Lipinski definition) is 0. The largest absolute Gasteiger partial charge is 0.391 e. The van der Waals surface area contributed by atoms with Crippen molar-refractivity contribution in [2.24, 2.45) is 11.8 Å². The van der Waals surface area contributed by atoms with E-state index in [0.717, 1.165) is 19.8 Å². The van der Waals surface area contributed by atoms with E-state index in [0.29, 0.717) is 0 Å². The Kier molecular flexibility index (Phi) is 8.48. The van der Waals surface area contributed by atoms with Crippen molar-refractivity contribution in [3.05, 3.63) is 0 Å². The van der Waals surface area contributed by atoms with E-state index in [1.807, 2.05) is 0 Å². The maximum atomic E-state index is 11.2. The van der Waals surface area contributed by atoms with Crippen molar-refractivity contribution in [2.45, 2.75) is 53.6 Å². The van der Waals surface area contributed by atoms with Gasteiger partial charge in [0.05, 0.1) is 0 Å². The number of halogens is 3. The summed E-state index contributed by atoms with van der Waals surface area (Å²) >= 11 is 0. The summed E-state index contributed by atoms with van der Waals surface area (Å²) in [5.41, 5.74) is 0. The zero-order chi connectivity index (χ0) is 11.1. The lowest BCUT2D eigenvalue weighted by Gasteiger charge is -2.07. The summed E-state index contributed by atoms with van der Waals surface area (Å²) in [7, 11) is 0. The Morgan fingerprint density at radius 2 is 1.31 bits per heavy atom. The molecule has 0 aromatic rings. The molecule has 0 aromatic heterocycles. The Labute approximate surface area is 79.5 Å². The normalized spacial score (nSPS) is 11.5. The fraction of sp³-hybridized carbons (Fsp3) is 1.00. The minimum absolute atomic E-state index is 0.898. The molecule has 0 spiro atoms. The molecule has 0 bridgehead atoms. The van der Waals surface area contributed by atoms with Crippen LogP contribution in [0.2, 0.25) is 0 Å². The molecular formula is C10H21F3. The topological polar surface area (TPSA) is 0 Å². The molecule has 0 nitrogen and oxygen atoms in total. The van der Waals surface area contributed by atoms with E-state index in [1.165, 1.54) is 12.8 Å². The van der Waals surface area contributed by atoms with Crippen molar-refractivity contribution in [1.82, 2.24) is 0 Å². The Balaban J connectivity index is 0. The summed E-state index contributed by atoms with van der Waals surface area (Å²) in [5, 5.41) is 0. The van der Waals surface area contributed by atoms with Crippen LogP contribution < -0.4 is 0 Å². The third-order valence-corrected chi connectivity index (χ3v) is 1.52. The van der Waals surface area contributed by atoms with Crippen LogP contribution in [-0.4, -0.2) is 6.18 Å². The van der Waals surface area contributed by atoms with E-state index >= 15 is 0 Å². The predicted molar refractivity (Wildman–Crippen MR) is 50.6 cm³/mol. The summed E-state index contributed by atoms with van der Waals surface area (Å²) < 4.78 is 33.5. The molecule has 0 rings (SSSR count). The second kappa shape index (κ2) is 7.22. The Morgan fingerprint density at radius 1 is 1.00 bits per heavy atom. The maximum absolute atomic E-state index is 11.2. The maximum Gasteiger partial charge on any atom is 0.391 e. The van der Waals surface area contributed by atoms with E-state index in [4.69, 9.17) is 0 Å². The van der Waals surface area contributed by atoms with Crippen LogP contribution in [0.5, 0.6) is 0 Å². The first-order valence-electron chi connectivity index (χ1n) is 4.78. The SMILES string of the molecule is CC(C)C(F)(F)F.CCCC(C)C. The molecule has 82 valence electrons. The first kappa shape index (κ1) is 15.3. The van der Waals surface area contributed by atoms with Gasteiger partial charge >= 0.3 is 6.18 Å². The highest BCUT2D eigenvalue weighted by molar-refractivity contribution is 4.52. The van der Waals surface area contributed by atoms with E-state index in [1.54, 1.807) is 0 Å². The van der Waals surface area contributed by atoms with Crippen molar-refractivity contribution in [3.63, 3.8) is 0 Å². The standard InChI is InChI=1S/C6H14.C4H7F3/c1-4-5-6(2)3;1-3(2)4(5,6)7/h6H,4-5H2,1-3H3;3H,1-2H3. The van der Waals surface area contributed by atoms with Crippen LogP contribution in [0.4, 0.5) is 13.2 Å².